The second kappa shape index (κ2) is 4.77. The van der Waals surface area contributed by atoms with Gasteiger partial charge in [-0.25, -0.2) is 4.99 Å². The van der Waals surface area contributed by atoms with E-state index in [1.54, 1.807) is 6.08 Å². The van der Waals surface area contributed by atoms with Gasteiger partial charge in [-0.2, -0.15) is 0 Å². The van der Waals surface area contributed by atoms with Crippen molar-refractivity contribution in [2.75, 3.05) is 0 Å². The zero-order valence-corrected chi connectivity index (χ0v) is 8.48. The molecule has 0 spiro atoms. The molecule has 0 unspecified atom stereocenters. The van der Waals surface area contributed by atoms with Crippen molar-refractivity contribution in [3.05, 3.63) is 24.8 Å². The van der Waals surface area contributed by atoms with Crippen LogP contribution in [-0.4, -0.2) is 17.7 Å². The molecule has 4 nitrogen and oxygen atoms in total. The van der Waals surface area contributed by atoms with Gasteiger partial charge in [0.25, 0.3) is 5.91 Å². The molecule has 0 aromatic heterocycles. The Morgan fingerprint density at radius 2 is 2.20 bits per heavy atom. The van der Waals surface area contributed by atoms with Gasteiger partial charge in [-0.15, -0.1) is 0 Å². The lowest BCUT2D eigenvalue weighted by Crippen LogP contribution is -2.37. The van der Waals surface area contributed by atoms with Gasteiger partial charge >= 0.3 is 0 Å². The standard InChI is InChI=1S/C11H14N2O2/c14-11(13-9-3-1-2-4-9)10-5-7-15-8-6-12-10/h5-9H,1-4H2,(H,13,14). The Morgan fingerprint density at radius 3 is 3.00 bits per heavy atom. The van der Waals surface area contributed by atoms with Crippen LogP contribution in [-0.2, 0) is 9.53 Å². The lowest BCUT2D eigenvalue weighted by Gasteiger charge is -2.10. The SMILES string of the molecule is O=C(NC1CCCC1)C1=NC=COC=C1. The minimum absolute atomic E-state index is 0.117. The number of carbonyl (C=O) groups excluding carboxylic acids is 1. The first kappa shape index (κ1) is 9.96. The zero-order valence-electron chi connectivity index (χ0n) is 8.48. The molecule has 1 aliphatic carbocycles. The number of hydrogen-bond donors (Lipinski definition) is 1. The van der Waals surface area contributed by atoms with Gasteiger partial charge < -0.3 is 10.1 Å². The van der Waals surface area contributed by atoms with Gasteiger partial charge in [0.1, 0.15) is 12.0 Å². The largest absolute Gasteiger partial charge is 0.471 e. The first-order chi connectivity index (χ1) is 7.36. The summed E-state index contributed by atoms with van der Waals surface area (Å²) in [4.78, 5) is 15.7. The number of ether oxygens (including phenoxy) is 1. The van der Waals surface area contributed by atoms with Crippen LogP contribution in [0.5, 0.6) is 0 Å². The average molecular weight is 206 g/mol. The smallest absolute Gasteiger partial charge is 0.270 e. The van der Waals surface area contributed by atoms with Crippen LogP contribution in [0.15, 0.2) is 29.8 Å². The van der Waals surface area contributed by atoms with E-state index in [1.807, 2.05) is 0 Å². The number of nitrogens with one attached hydrogen (secondary N) is 1. The average Bonchev–Trinajstić information content (AvgIpc) is 2.58. The van der Waals surface area contributed by atoms with Crippen molar-refractivity contribution < 1.29 is 9.53 Å². The highest BCUT2D eigenvalue weighted by Crippen LogP contribution is 2.17. The molecule has 0 radical (unpaired) electrons. The van der Waals surface area contributed by atoms with Crippen molar-refractivity contribution in [2.24, 2.45) is 4.99 Å². The Bertz CT molecular complexity index is 325. The van der Waals surface area contributed by atoms with Crippen LogP contribution < -0.4 is 5.32 Å². The zero-order chi connectivity index (χ0) is 10.5. The van der Waals surface area contributed by atoms with Gasteiger partial charge in [-0.3, -0.25) is 4.79 Å². The quantitative estimate of drug-likeness (QED) is 0.744. The van der Waals surface area contributed by atoms with E-state index in [9.17, 15) is 4.79 Å². The summed E-state index contributed by atoms with van der Waals surface area (Å²) in [5.74, 6) is -0.117. The van der Waals surface area contributed by atoms with Crippen LogP contribution in [0.3, 0.4) is 0 Å². The topological polar surface area (TPSA) is 50.7 Å². The third-order valence-corrected chi connectivity index (χ3v) is 2.58. The van der Waals surface area contributed by atoms with Gasteiger partial charge in [0.15, 0.2) is 0 Å². The maximum Gasteiger partial charge on any atom is 0.270 e. The van der Waals surface area contributed by atoms with E-state index < -0.39 is 0 Å². The first-order valence-corrected chi connectivity index (χ1v) is 5.22. The molecule has 0 saturated heterocycles. The number of rotatable bonds is 2. The van der Waals surface area contributed by atoms with Gasteiger partial charge in [0.2, 0.25) is 0 Å². The molecule has 2 rings (SSSR count). The normalized spacial score (nSPS) is 20.7. The Hall–Kier alpha value is -1.58. The lowest BCUT2D eigenvalue weighted by atomic mass is 10.2. The Kier molecular flexibility index (Phi) is 3.17. The van der Waals surface area contributed by atoms with E-state index in [0.717, 1.165) is 12.8 Å². The summed E-state index contributed by atoms with van der Waals surface area (Å²) in [6, 6.07) is 0.321. The van der Waals surface area contributed by atoms with Crippen molar-refractivity contribution in [3.63, 3.8) is 0 Å². The molecular weight excluding hydrogens is 192 g/mol. The van der Waals surface area contributed by atoms with Crippen LogP contribution in [0, 0.1) is 0 Å². The minimum Gasteiger partial charge on any atom is -0.471 e. The molecular formula is C11H14N2O2. The Morgan fingerprint density at radius 1 is 1.40 bits per heavy atom. The summed E-state index contributed by atoms with van der Waals surface area (Å²) in [6.07, 6.45) is 10.5. The molecule has 1 saturated carbocycles. The van der Waals surface area contributed by atoms with Gasteiger partial charge in [0, 0.05) is 12.1 Å². The second-order valence-electron chi connectivity index (χ2n) is 3.69. The predicted octanol–water partition coefficient (Wildman–Crippen LogP) is 1.50. The Labute approximate surface area is 88.7 Å². The first-order valence-electron chi connectivity index (χ1n) is 5.22. The van der Waals surface area contributed by atoms with Crippen LogP contribution in [0.2, 0.25) is 0 Å². The highest BCUT2D eigenvalue weighted by Gasteiger charge is 2.19. The molecule has 1 amide bonds. The maximum absolute atomic E-state index is 11.7. The van der Waals surface area contributed by atoms with Crippen molar-refractivity contribution in [1.82, 2.24) is 5.32 Å². The van der Waals surface area contributed by atoms with Crippen molar-refractivity contribution in [2.45, 2.75) is 31.7 Å². The van der Waals surface area contributed by atoms with E-state index in [4.69, 9.17) is 4.74 Å². The third kappa shape index (κ3) is 2.68. The fraction of sp³-hybridized carbons (Fsp3) is 0.455. The number of hydrogen-bond acceptors (Lipinski definition) is 3. The van der Waals surface area contributed by atoms with E-state index in [1.165, 1.54) is 31.6 Å². The predicted molar refractivity (Wildman–Crippen MR) is 57.2 cm³/mol. The van der Waals surface area contributed by atoms with Crippen LogP contribution in [0.25, 0.3) is 0 Å². The fourth-order valence-electron chi connectivity index (χ4n) is 1.80. The number of nitrogens with zero attached hydrogens (tertiary/aromatic N) is 1. The summed E-state index contributed by atoms with van der Waals surface area (Å²) >= 11 is 0. The molecule has 2 aliphatic rings. The number of aliphatic imine (C=N–C) groups is 1. The van der Waals surface area contributed by atoms with Crippen LogP contribution in [0.4, 0.5) is 0 Å². The van der Waals surface area contributed by atoms with Crippen LogP contribution in [0.1, 0.15) is 25.7 Å². The van der Waals surface area contributed by atoms with Crippen molar-refractivity contribution in [3.8, 4) is 0 Å². The highest BCUT2D eigenvalue weighted by atomic mass is 16.5. The monoisotopic (exact) mass is 206 g/mol. The molecule has 4 heteroatoms. The molecule has 0 atom stereocenters. The molecule has 1 aliphatic heterocycles. The molecule has 0 aromatic carbocycles. The van der Waals surface area contributed by atoms with Crippen LogP contribution >= 0.6 is 0 Å². The van der Waals surface area contributed by atoms with E-state index in [0.29, 0.717) is 11.8 Å². The Balaban J connectivity index is 1.94. The molecule has 80 valence electrons. The van der Waals surface area contributed by atoms with E-state index in [2.05, 4.69) is 10.3 Å². The summed E-state index contributed by atoms with van der Waals surface area (Å²) in [5.41, 5.74) is 0.399. The summed E-state index contributed by atoms with van der Waals surface area (Å²) < 4.78 is 4.89. The fourth-order valence-corrected chi connectivity index (χ4v) is 1.80. The second-order valence-corrected chi connectivity index (χ2v) is 3.69. The van der Waals surface area contributed by atoms with E-state index >= 15 is 0 Å². The van der Waals surface area contributed by atoms with Gasteiger partial charge in [0.05, 0.1) is 12.5 Å². The molecule has 1 heterocycles. The molecule has 0 aromatic rings. The molecule has 1 fully saturated rings. The van der Waals surface area contributed by atoms with Gasteiger partial charge in [-0.1, -0.05) is 12.8 Å². The number of amides is 1. The molecule has 0 bridgehead atoms. The highest BCUT2D eigenvalue weighted by molar-refractivity contribution is 6.43. The third-order valence-electron chi connectivity index (χ3n) is 2.58. The molecule has 15 heavy (non-hydrogen) atoms. The van der Waals surface area contributed by atoms with E-state index in [-0.39, 0.29) is 5.91 Å². The summed E-state index contributed by atoms with van der Waals surface area (Å²) in [5, 5.41) is 2.97. The van der Waals surface area contributed by atoms with Crippen molar-refractivity contribution >= 4 is 11.6 Å². The minimum atomic E-state index is -0.117. The van der Waals surface area contributed by atoms with Gasteiger partial charge in [-0.05, 0) is 12.8 Å². The maximum atomic E-state index is 11.7. The lowest BCUT2D eigenvalue weighted by molar-refractivity contribution is -0.115. The number of carbonyl (C=O) groups is 1. The van der Waals surface area contributed by atoms with Crippen molar-refractivity contribution in [1.29, 1.82) is 0 Å². The molecule has 1 N–H and O–H groups in total. The summed E-state index contributed by atoms with van der Waals surface area (Å²) in [6.45, 7) is 0. The summed E-state index contributed by atoms with van der Waals surface area (Å²) in [7, 11) is 0.